The highest BCUT2D eigenvalue weighted by Gasteiger charge is 2.13. The van der Waals surface area contributed by atoms with Gasteiger partial charge in [0.15, 0.2) is 0 Å². The van der Waals surface area contributed by atoms with Crippen LogP contribution in [-0.4, -0.2) is 27.7 Å². The van der Waals surface area contributed by atoms with Gasteiger partial charge in [0, 0.05) is 28.3 Å². The zero-order chi connectivity index (χ0) is 12.8. The number of carbonyl (C=O) groups is 1. The summed E-state index contributed by atoms with van der Waals surface area (Å²) in [5.74, 6) is -0.839. The molecule has 0 fully saturated rings. The molecule has 0 saturated heterocycles. The van der Waals surface area contributed by atoms with Crippen molar-refractivity contribution < 1.29 is 13.4 Å². The second-order valence-electron chi connectivity index (χ2n) is 3.63. The Bertz CT molecular complexity index is 408. The third-order valence-electron chi connectivity index (χ3n) is 2.18. The summed E-state index contributed by atoms with van der Waals surface area (Å²) in [5.41, 5.74) is 5.83. The first-order chi connectivity index (χ1) is 8.02. The Labute approximate surface area is 102 Å². The lowest BCUT2D eigenvalue weighted by atomic mass is 10.3. The fraction of sp³-hybridized carbons (Fsp3) is 0.364. The van der Waals surface area contributed by atoms with Crippen LogP contribution < -0.4 is 11.1 Å². The van der Waals surface area contributed by atoms with E-state index in [-0.39, 0.29) is 29.3 Å². The van der Waals surface area contributed by atoms with E-state index in [4.69, 9.17) is 5.73 Å². The molecule has 0 heterocycles. The average Bonchev–Trinajstić information content (AvgIpc) is 2.30. The molecule has 1 aromatic carbocycles. The first-order valence-electron chi connectivity index (χ1n) is 5.15. The van der Waals surface area contributed by atoms with E-state index in [1.165, 1.54) is 24.3 Å². The molecule has 0 aliphatic heterocycles. The summed E-state index contributed by atoms with van der Waals surface area (Å²) in [4.78, 5) is 11.5. The molecule has 4 nitrogen and oxygen atoms in total. The monoisotopic (exact) mass is 258 g/mol. The van der Waals surface area contributed by atoms with E-state index in [2.05, 4.69) is 5.32 Å². The van der Waals surface area contributed by atoms with Gasteiger partial charge in [-0.25, -0.2) is 4.39 Å². The number of hydrogen-bond acceptors (Lipinski definition) is 3. The number of anilines is 1. The molecule has 0 saturated carbocycles. The zero-order valence-electron chi connectivity index (χ0n) is 9.48. The van der Waals surface area contributed by atoms with Gasteiger partial charge >= 0.3 is 0 Å². The molecule has 1 aromatic rings. The van der Waals surface area contributed by atoms with Gasteiger partial charge in [-0.1, -0.05) is 0 Å². The highest BCUT2D eigenvalue weighted by molar-refractivity contribution is 7.86. The molecule has 0 bridgehead atoms. The number of carbonyl (C=O) groups excluding carboxylic acids is 1. The molecular weight excluding hydrogens is 243 g/mol. The zero-order valence-corrected chi connectivity index (χ0v) is 10.3. The highest BCUT2D eigenvalue weighted by Crippen LogP contribution is 2.08. The molecule has 2 atom stereocenters. The lowest BCUT2D eigenvalue weighted by Gasteiger charge is -2.09. The quantitative estimate of drug-likeness (QED) is 0.822. The van der Waals surface area contributed by atoms with Gasteiger partial charge in [0.05, 0.1) is 0 Å². The maximum atomic E-state index is 12.6. The number of nitrogens with one attached hydrogen (secondary N) is 1. The van der Waals surface area contributed by atoms with Gasteiger partial charge < -0.3 is 11.1 Å². The molecule has 0 aliphatic carbocycles. The summed E-state index contributed by atoms with van der Waals surface area (Å²) < 4.78 is 24.1. The van der Waals surface area contributed by atoms with Gasteiger partial charge in [0.25, 0.3) is 0 Å². The molecule has 3 N–H and O–H groups in total. The van der Waals surface area contributed by atoms with E-state index in [0.29, 0.717) is 5.69 Å². The van der Waals surface area contributed by atoms with Crippen molar-refractivity contribution in [1.82, 2.24) is 0 Å². The lowest BCUT2D eigenvalue weighted by molar-refractivity contribution is -0.113. The van der Waals surface area contributed by atoms with E-state index in [0.717, 1.165) is 0 Å². The van der Waals surface area contributed by atoms with Crippen LogP contribution in [0.1, 0.15) is 6.92 Å². The second kappa shape index (κ2) is 6.46. The third-order valence-corrected chi connectivity index (χ3v) is 3.82. The van der Waals surface area contributed by atoms with Gasteiger partial charge in [0.2, 0.25) is 5.91 Å². The Morgan fingerprint density at radius 2 is 2.06 bits per heavy atom. The summed E-state index contributed by atoms with van der Waals surface area (Å²) >= 11 is 0. The molecule has 1 rings (SSSR count). The standard InChI is InChI=1S/C11H15FN2O2S/c1-8(6-13)17(16)7-11(15)14-10-4-2-9(12)3-5-10/h2-5,8H,6-7,13H2,1H3,(H,14,15). The maximum absolute atomic E-state index is 12.6. The van der Waals surface area contributed by atoms with Gasteiger partial charge in [-0.3, -0.25) is 9.00 Å². The molecule has 0 spiro atoms. The Morgan fingerprint density at radius 3 is 2.59 bits per heavy atom. The number of benzene rings is 1. The SMILES string of the molecule is CC(CN)S(=O)CC(=O)Nc1ccc(F)cc1. The van der Waals surface area contributed by atoms with Crippen LogP contribution in [-0.2, 0) is 15.6 Å². The predicted octanol–water partition coefficient (Wildman–Crippen LogP) is 0.860. The summed E-state index contributed by atoms with van der Waals surface area (Å²) in [6, 6.07) is 5.38. The number of rotatable bonds is 5. The Hall–Kier alpha value is -1.27. The summed E-state index contributed by atoms with van der Waals surface area (Å²) in [6.45, 7) is 2.00. The Kier molecular flexibility index (Phi) is 5.24. The van der Waals surface area contributed by atoms with Crippen molar-refractivity contribution in [3.8, 4) is 0 Å². The van der Waals surface area contributed by atoms with Gasteiger partial charge in [0.1, 0.15) is 11.6 Å². The minimum absolute atomic E-state index is 0.101. The van der Waals surface area contributed by atoms with Crippen molar-refractivity contribution in [3.05, 3.63) is 30.1 Å². The summed E-state index contributed by atoms with van der Waals surface area (Å²) in [5, 5.41) is 2.33. The number of amides is 1. The highest BCUT2D eigenvalue weighted by atomic mass is 32.2. The maximum Gasteiger partial charge on any atom is 0.237 e. The molecule has 0 aromatic heterocycles. The second-order valence-corrected chi connectivity index (χ2v) is 5.48. The Balaban J connectivity index is 2.50. The van der Waals surface area contributed by atoms with Crippen LogP contribution in [0.25, 0.3) is 0 Å². The largest absolute Gasteiger partial charge is 0.329 e. The third kappa shape index (κ3) is 4.62. The van der Waals surface area contributed by atoms with Crippen molar-refractivity contribution in [2.24, 2.45) is 5.73 Å². The smallest absolute Gasteiger partial charge is 0.237 e. The first kappa shape index (κ1) is 13.8. The number of hydrogen-bond donors (Lipinski definition) is 2. The van der Waals surface area contributed by atoms with E-state index >= 15 is 0 Å². The predicted molar refractivity (Wildman–Crippen MR) is 66.6 cm³/mol. The van der Waals surface area contributed by atoms with E-state index in [1.54, 1.807) is 6.92 Å². The molecule has 6 heteroatoms. The van der Waals surface area contributed by atoms with Crippen LogP contribution in [0.2, 0.25) is 0 Å². The Morgan fingerprint density at radius 1 is 1.47 bits per heavy atom. The summed E-state index contributed by atoms with van der Waals surface area (Å²) in [7, 11) is -1.28. The molecule has 2 unspecified atom stereocenters. The molecule has 17 heavy (non-hydrogen) atoms. The fourth-order valence-corrected chi connectivity index (χ4v) is 1.94. The van der Waals surface area contributed by atoms with E-state index in [1.807, 2.05) is 0 Å². The van der Waals surface area contributed by atoms with Crippen LogP contribution in [0.4, 0.5) is 10.1 Å². The van der Waals surface area contributed by atoms with Crippen molar-refractivity contribution in [3.63, 3.8) is 0 Å². The van der Waals surface area contributed by atoms with Crippen molar-refractivity contribution in [2.45, 2.75) is 12.2 Å². The van der Waals surface area contributed by atoms with Crippen LogP contribution >= 0.6 is 0 Å². The van der Waals surface area contributed by atoms with Gasteiger partial charge in [-0.15, -0.1) is 0 Å². The molecular formula is C11H15FN2O2S. The van der Waals surface area contributed by atoms with Crippen molar-refractivity contribution in [1.29, 1.82) is 0 Å². The fourth-order valence-electron chi connectivity index (χ4n) is 1.11. The van der Waals surface area contributed by atoms with E-state index in [9.17, 15) is 13.4 Å². The van der Waals surface area contributed by atoms with Gasteiger partial charge in [-0.05, 0) is 31.2 Å². The number of nitrogens with two attached hydrogens (primary N) is 1. The normalized spacial score (nSPS) is 14.1. The van der Waals surface area contributed by atoms with Crippen molar-refractivity contribution >= 4 is 22.4 Å². The molecule has 1 amide bonds. The van der Waals surface area contributed by atoms with Crippen molar-refractivity contribution in [2.75, 3.05) is 17.6 Å². The van der Waals surface area contributed by atoms with Crippen LogP contribution in [0.5, 0.6) is 0 Å². The minimum Gasteiger partial charge on any atom is -0.329 e. The number of halogens is 1. The van der Waals surface area contributed by atoms with Crippen LogP contribution in [0.3, 0.4) is 0 Å². The molecule has 0 aliphatic rings. The molecule has 94 valence electrons. The van der Waals surface area contributed by atoms with E-state index < -0.39 is 10.8 Å². The minimum atomic E-state index is -1.28. The first-order valence-corrected chi connectivity index (χ1v) is 6.54. The van der Waals surface area contributed by atoms with Crippen LogP contribution in [0, 0.1) is 5.82 Å². The summed E-state index contributed by atoms with van der Waals surface area (Å²) in [6.07, 6.45) is 0. The molecule has 0 radical (unpaired) electrons. The average molecular weight is 258 g/mol. The van der Waals surface area contributed by atoms with Gasteiger partial charge in [-0.2, -0.15) is 0 Å². The topological polar surface area (TPSA) is 72.2 Å². The lowest BCUT2D eigenvalue weighted by Crippen LogP contribution is -2.29. The van der Waals surface area contributed by atoms with Crippen LogP contribution in [0.15, 0.2) is 24.3 Å².